The van der Waals surface area contributed by atoms with Gasteiger partial charge in [-0.2, -0.15) is 0 Å². The maximum absolute atomic E-state index is 10.7. The third-order valence-corrected chi connectivity index (χ3v) is 3.00. The zero-order valence-electron chi connectivity index (χ0n) is 10.1. The summed E-state index contributed by atoms with van der Waals surface area (Å²) in [5.74, 6) is 0.639. The van der Waals surface area contributed by atoms with Gasteiger partial charge in [0.1, 0.15) is 12.0 Å². The Labute approximate surface area is 104 Å². The molecule has 1 aromatic heterocycles. The molecular weight excluding hydrogens is 238 g/mol. The Hall–Kier alpha value is -1.73. The van der Waals surface area contributed by atoms with Gasteiger partial charge >= 0.3 is 0 Å². The maximum atomic E-state index is 10.7. The summed E-state index contributed by atoms with van der Waals surface area (Å²) < 4.78 is 5.28. The maximum Gasteiger partial charge on any atom is 0.290 e. The van der Waals surface area contributed by atoms with Crippen molar-refractivity contribution in [3.63, 3.8) is 0 Å². The number of hydrogen-bond donors (Lipinski definition) is 1. The van der Waals surface area contributed by atoms with Crippen LogP contribution < -0.4 is 4.90 Å². The van der Waals surface area contributed by atoms with Crippen LogP contribution in [-0.4, -0.2) is 47.4 Å². The van der Waals surface area contributed by atoms with Gasteiger partial charge in [-0.25, -0.2) is 4.98 Å². The molecule has 98 valence electrons. The molecule has 0 amide bonds. The molecule has 0 bridgehead atoms. The fraction of sp³-hybridized carbons (Fsp3) is 0.545. The predicted octanol–water partition coefficient (Wildman–Crippen LogP) is 0.496. The highest BCUT2D eigenvalue weighted by Crippen LogP contribution is 2.23. The van der Waals surface area contributed by atoms with E-state index >= 15 is 0 Å². The average molecular weight is 253 g/mol. The van der Waals surface area contributed by atoms with E-state index in [2.05, 4.69) is 4.98 Å². The lowest BCUT2D eigenvalue weighted by atomic mass is 10.2. The van der Waals surface area contributed by atoms with Gasteiger partial charge in [0.2, 0.25) is 0 Å². The van der Waals surface area contributed by atoms with Gasteiger partial charge in [-0.3, -0.25) is 10.1 Å². The molecule has 1 unspecified atom stereocenters. The van der Waals surface area contributed by atoms with Gasteiger partial charge in [0.05, 0.1) is 30.8 Å². The molecular formula is C11H15N3O4. The number of aliphatic hydroxyl groups excluding tert-OH is 1. The smallest absolute Gasteiger partial charge is 0.290 e. The fourth-order valence-electron chi connectivity index (χ4n) is 1.99. The molecule has 2 heterocycles. The molecule has 0 aromatic carbocycles. The summed E-state index contributed by atoms with van der Waals surface area (Å²) in [4.78, 5) is 16.3. The fourth-order valence-corrected chi connectivity index (χ4v) is 1.99. The van der Waals surface area contributed by atoms with Crippen molar-refractivity contribution in [1.29, 1.82) is 0 Å². The van der Waals surface area contributed by atoms with Crippen molar-refractivity contribution < 1.29 is 14.8 Å². The van der Waals surface area contributed by atoms with Crippen LogP contribution in [0.5, 0.6) is 0 Å². The van der Waals surface area contributed by atoms with E-state index < -0.39 is 4.92 Å². The van der Waals surface area contributed by atoms with Gasteiger partial charge in [0.15, 0.2) is 0 Å². The van der Waals surface area contributed by atoms with Crippen LogP contribution in [0.4, 0.5) is 11.5 Å². The summed E-state index contributed by atoms with van der Waals surface area (Å²) >= 11 is 0. The molecule has 0 radical (unpaired) electrons. The lowest BCUT2D eigenvalue weighted by Gasteiger charge is -2.35. The van der Waals surface area contributed by atoms with E-state index in [1.54, 1.807) is 13.0 Å². The second-order valence-electron chi connectivity index (χ2n) is 4.19. The minimum atomic E-state index is -0.449. The van der Waals surface area contributed by atoms with Crippen molar-refractivity contribution in [2.75, 3.05) is 31.3 Å². The second kappa shape index (κ2) is 5.28. The molecule has 7 heteroatoms. The Morgan fingerprint density at radius 1 is 1.72 bits per heavy atom. The van der Waals surface area contributed by atoms with Gasteiger partial charge < -0.3 is 14.7 Å². The highest BCUT2D eigenvalue weighted by Gasteiger charge is 2.24. The van der Waals surface area contributed by atoms with Crippen molar-refractivity contribution in [3.8, 4) is 0 Å². The third-order valence-electron chi connectivity index (χ3n) is 3.00. The first-order valence-electron chi connectivity index (χ1n) is 5.69. The van der Waals surface area contributed by atoms with E-state index in [1.165, 1.54) is 6.20 Å². The minimum absolute atomic E-state index is 0.00700. The lowest BCUT2D eigenvalue weighted by Crippen LogP contribution is -2.48. The number of nitrogens with zero attached hydrogens (tertiary/aromatic N) is 3. The second-order valence-corrected chi connectivity index (χ2v) is 4.19. The highest BCUT2D eigenvalue weighted by molar-refractivity contribution is 5.49. The normalized spacial score (nSPS) is 19.9. The third kappa shape index (κ3) is 2.41. The van der Waals surface area contributed by atoms with Crippen LogP contribution in [0.15, 0.2) is 12.3 Å². The van der Waals surface area contributed by atoms with Crippen molar-refractivity contribution >= 4 is 11.5 Å². The number of aliphatic hydroxyl groups is 1. The molecule has 1 aliphatic heterocycles. The van der Waals surface area contributed by atoms with E-state index in [0.717, 1.165) is 0 Å². The summed E-state index contributed by atoms with van der Waals surface area (Å²) in [7, 11) is 0. The summed E-state index contributed by atoms with van der Waals surface area (Å²) in [6, 6.07) is 1.53. The molecule has 1 fully saturated rings. The number of rotatable bonds is 3. The number of hydrogen-bond acceptors (Lipinski definition) is 6. The first-order valence-corrected chi connectivity index (χ1v) is 5.69. The van der Waals surface area contributed by atoms with E-state index in [-0.39, 0.29) is 18.3 Å². The van der Waals surface area contributed by atoms with E-state index in [9.17, 15) is 15.2 Å². The zero-order chi connectivity index (χ0) is 13.1. The van der Waals surface area contributed by atoms with Crippen molar-refractivity contribution in [2.45, 2.75) is 13.0 Å². The highest BCUT2D eigenvalue weighted by atomic mass is 16.6. The quantitative estimate of drug-likeness (QED) is 0.623. The molecule has 18 heavy (non-hydrogen) atoms. The van der Waals surface area contributed by atoms with Crippen LogP contribution in [0.1, 0.15) is 5.56 Å². The van der Waals surface area contributed by atoms with Crippen molar-refractivity contribution in [1.82, 2.24) is 4.98 Å². The SMILES string of the molecule is Cc1cc(N2CCOCC2CO)ncc1[N+](=O)[O-]. The molecule has 7 nitrogen and oxygen atoms in total. The Balaban J connectivity index is 2.27. The van der Waals surface area contributed by atoms with Crippen LogP contribution in [0.3, 0.4) is 0 Å². The Morgan fingerprint density at radius 3 is 3.11 bits per heavy atom. The van der Waals surface area contributed by atoms with Gasteiger partial charge in [-0.15, -0.1) is 0 Å². The first kappa shape index (κ1) is 12.7. The molecule has 1 N–H and O–H groups in total. The van der Waals surface area contributed by atoms with Crippen LogP contribution in [0, 0.1) is 17.0 Å². The Bertz CT molecular complexity index is 452. The van der Waals surface area contributed by atoms with E-state index in [0.29, 0.717) is 31.1 Å². The number of ether oxygens (including phenoxy) is 1. The molecule has 2 rings (SSSR count). The summed E-state index contributed by atoms with van der Waals surface area (Å²) in [5.41, 5.74) is 0.570. The summed E-state index contributed by atoms with van der Waals surface area (Å²) in [5, 5.41) is 20.0. The molecule has 0 aliphatic carbocycles. The van der Waals surface area contributed by atoms with Crippen molar-refractivity contribution in [2.24, 2.45) is 0 Å². The van der Waals surface area contributed by atoms with Crippen LogP contribution in [-0.2, 0) is 4.74 Å². The lowest BCUT2D eigenvalue weighted by molar-refractivity contribution is -0.385. The number of morpholine rings is 1. The minimum Gasteiger partial charge on any atom is -0.394 e. The Kier molecular flexibility index (Phi) is 3.73. The predicted molar refractivity (Wildman–Crippen MR) is 64.7 cm³/mol. The van der Waals surface area contributed by atoms with Gasteiger partial charge in [0.25, 0.3) is 5.69 Å². The molecule has 0 spiro atoms. The standard InChI is InChI=1S/C11H15N3O4/c1-8-4-11(12-5-10(8)14(16)17)13-2-3-18-7-9(13)6-15/h4-5,9,15H,2-3,6-7H2,1H3. The summed E-state index contributed by atoms with van der Waals surface area (Å²) in [6.45, 7) is 3.27. The molecule has 1 atom stereocenters. The largest absolute Gasteiger partial charge is 0.394 e. The molecule has 1 aliphatic rings. The average Bonchev–Trinajstić information content (AvgIpc) is 2.38. The first-order chi connectivity index (χ1) is 8.63. The van der Waals surface area contributed by atoms with Crippen LogP contribution in [0.2, 0.25) is 0 Å². The van der Waals surface area contributed by atoms with Gasteiger partial charge in [0, 0.05) is 12.1 Å². The van der Waals surface area contributed by atoms with Crippen LogP contribution in [0.25, 0.3) is 0 Å². The van der Waals surface area contributed by atoms with Gasteiger partial charge in [-0.05, 0) is 13.0 Å². The van der Waals surface area contributed by atoms with Crippen molar-refractivity contribution in [3.05, 3.63) is 27.9 Å². The number of anilines is 1. The van der Waals surface area contributed by atoms with Crippen LogP contribution >= 0.6 is 0 Å². The molecule has 1 saturated heterocycles. The van der Waals surface area contributed by atoms with E-state index in [4.69, 9.17) is 4.74 Å². The van der Waals surface area contributed by atoms with E-state index in [1.807, 2.05) is 4.90 Å². The number of pyridine rings is 1. The number of aromatic nitrogens is 1. The molecule has 1 aromatic rings. The topological polar surface area (TPSA) is 88.7 Å². The number of nitro groups is 1. The monoisotopic (exact) mass is 253 g/mol. The molecule has 0 saturated carbocycles. The Morgan fingerprint density at radius 2 is 2.50 bits per heavy atom. The van der Waals surface area contributed by atoms with Gasteiger partial charge in [-0.1, -0.05) is 0 Å². The summed E-state index contributed by atoms with van der Waals surface area (Å²) in [6.07, 6.45) is 1.26. The number of aryl methyl sites for hydroxylation is 1. The zero-order valence-corrected chi connectivity index (χ0v) is 10.1.